The van der Waals surface area contributed by atoms with Crippen LogP contribution >= 0.6 is 11.3 Å². The van der Waals surface area contributed by atoms with E-state index in [1.54, 1.807) is 17.5 Å². The van der Waals surface area contributed by atoms with Crippen molar-refractivity contribution in [1.29, 1.82) is 0 Å². The second-order valence-electron chi connectivity index (χ2n) is 7.33. The molecule has 142 valence electrons. The predicted octanol–water partition coefficient (Wildman–Crippen LogP) is 3.78. The van der Waals surface area contributed by atoms with Gasteiger partial charge in [-0.1, -0.05) is 18.2 Å². The van der Waals surface area contributed by atoms with Gasteiger partial charge in [0.2, 0.25) is 11.9 Å². The fraction of sp³-hybridized carbons (Fsp3) is 0.300. The standard InChI is InChI=1S/C20H21N7S/c1-11(15-10-28-16-5-3-2-4-13(15)16)27(9-12-6-7-12)20-23-8-14-17(21)24-19(22)25-18(14)26-20/h2-5,8,10-12H,6-7,9H2,1H3,(H4,21,22,23,24,25,26)/t11-/m1/s1. The van der Waals surface area contributed by atoms with Crippen LogP contribution in [0.1, 0.15) is 31.4 Å². The fourth-order valence-electron chi connectivity index (χ4n) is 3.57. The molecule has 3 heterocycles. The number of hydrogen-bond donors (Lipinski definition) is 2. The summed E-state index contributed by atoms with van der Waals surface area (Å²) in [5.74, 6) is 1.77. The first kappa shape index (κ1) is 17.1. The number of anilines is 3. The van der Waals surface area contributed by atoms with E-state index in [0.29, 0.717) is 28.7 Å². The number of nitrogens with zero attached hydrogens (tertiary/aromatic N) is 5. The van der Waals surface area contributed by atoms with E-state index in [-0.39, 0.29) is 12.0 Å². The number of fused-ring (bicyclic) bond motifs is 2. The molecule has 0 amide bonds. The highest BCUT2D eigenvalue weighted by Crippen LogP contribution is 2.38. The Morgan fingerprint density at radius 2 is 1.96 bits per heavy atom. The summed E-state index contributed by atoms with van der Waals surface area (Å²) in [6.45, 7) is 3.14. The molecule has 3 aromatic heterocycles. The highest BCUT2D eigenvalue weighted by atomic mass is 32.1. The van der Waals surface area contributed by atoms with Crippen molar-refractivity contribution in [3.63, 3.8) is 0 Å². The van der Waals surface area contributed by atoms with Crippen molar-refractivity contribution in [2.24, 2.45) is 5.92 Å². The first-order valence-corrected chi connectivity index (χ1v) is 10.3. The Morgan fingerprint density at radius 3 is 2.79 bits per heavy atom. The Labute approximate surface area is 166 Å². The van der Waals surface area contributed by atoms with Gasteiger partial charge in [0.05, 0.1) is 11.4 Å². The average molecular weight is 392 g/mol. The number of nitrogen functional groups attached to an aromatic ring is 2. The molecule has 0 unspecified atom stereocenters. The molecule has 0 saturated heterocycles. The smallest absolute Gasteiger partial charge is 0.227 e. The summed E-state index contributed by atoms with van der Waals surface area (Å²) in [7, 11) is 0. The number of hydrogen-bond acceptors (Lipinski definition) is 8. The monoisotopic (exact) mass is 391 g/mol. The van der Waals surface area contributed by atoms with Crippen molar-refractivity contribution in [2.75, 3.05) is 22.9 Å². The number of aromatic nitrogens is 4. The maximum absolute atomic E-state index is 5.95. The van der Waals surface area contributed by atoms with Gasteiger partial charge in [-0.05, 0) is 48.1 Å². The Kier molecular flexibility index (Phi) is 4.01. The Balaban J connectivity index is 1.59. The van der Waals surface area contributed by atoms with Crippen LogP contribution in [0, 0.1) is 5.92 Å². The van der Waals surface area contributed by atoms with Gasteiger partial charge in [0, 0.05) is 17.4 Å². The normalized spacial score (nSPS) is 15.2. The van der Waals surface area contributed by atoms with Crippen molar-refractivity contribution in [3.8, 4) is 0 Å². The van der Waals surface area contributed by atoms with Gasteiger partial charge >= 0.3 is 0 Å². The van der Waals surface area contributed by atoms with Gasteiger partial charge in [0.25, 0.3) is 0 Å². The van der Waals surface area contributed by atoms with E-state index in [1.807, 2.05) is 0 Å². The molecule has 8 heteroatoms. The summed E-state index contributed by atoms with van der Waals surface area (Å²) in [5.41, 5.74) is 13.5. The SMILES string of the molecule is C[C@H](c1csc2ccccc12)N(CC1CC1)c1ncc2c(N)nc(N)nc2n1. The van der Waals surface area contributed by atoms with Gasteiger partial charge in [0.1, 0.15) is 5.82 Å². The molecule has 1 atom stereocenters. The van der Waals surface area contributed by atoms with Gasteiger partial charge in [-0.2, -0.15) is 15.0 Å². The lowest BCUT2D eigenvalue weighted by atomic mass is 10.1. The molecule has 0 radical (unpaired) electrons. The fourth-order valence-corrected chi connectivity index (χ4v) is 4.61. The molecule has 1 aliphatic carbocycles. The largest absolute Gasteiger partial charge is 0.383 e. The zero-order valence-electron chi connectivity index (χ0n) is 15.5. The van der Waals surface area contributed by atoms with Gasteiger partial charge in [-0.25, -0.2) is 4.98 Å². The van der Waals surface area contributed by atoms with Gasteiger partial charge in [0.15, 0.2) is 5.65 Å². The van der Waals surface area contributed by atoms with E-state index in [2.05, 4.69) is 56.4 Å². The highest BCUT2D eigenvalue weighted by molar-refractivity contribution is 7.17. The molecule has 4 aromatic rings. The second kappa shape index (κ2) is 6.56. The lowest BCUT2D eigenvalue weighted by Gasteiger charge is -2.29. The van der Waals surface area contributed by atoms with E-state index in [9.17, 15) is 0 Å². The van der Waals surface area contributed by atoms with Gasteiger partial charge in [-0.15, -0.1) is 11.3 Å². The summed E-state index contributed by atoms with van der Waals surface area (Å²) in [6, 6.07) is 8.66. The maximum atomic E-state index is 5.95. The van der Waals surface area contributed by atoms with Crippen molar-refractivity contribution in [2.45, 2.75) is 25.8 Å². The third-order valence-electron chi connectivity index (χ3n) is 5.32. The molecular weight excluding hydrogens is 370 g/mol. The van der Waals surface area contributed by atoms with Crippen LogP contribution in [0.15, 0.2) is 35.8 Å². The van der Waals surface area contributed by atoms with Crippen molar-refractivity contribution < 1.29 is 0 Å². The summed E-state index contributed by atoms with van der Waals surface area (Å²) in [4.78, 5) is 19.8. The highest BCUT2D eigenvalue weighted by Gasteiger charge is 2.30. The van der Waals surface area contributed by atoms with Crippen LogP contribution in [0.25, 0.3) is 21.1 Å². The van der Waals surface area contributed by atoms with Crippen LogP contribution in [0.3, 0.4) is 0 Å². The Bertz CT molecular complexity index is 1170. The lowest BCUT2D eigenvalue weighted by Crippen LogP contribution is -2.30. The first-order valence-electron chi connectivity index (χ1n) is 9.38. The van der Waals surface area contributed by atoms with Crippen LogP contribution in [-0.4, -0.2) is 26.5 Å². The molecule has 28 heavy (non-hydrogen) atoms. The molecule has 4 N–H and O–H groups in total. The van der Waals surface area contributed by atoms with E-state index >= 15 is 0 Å². The molecule has 1 aromatic carbocycles. The van der Waals surface area contributed by atoms with Crippen molar-refractivity contribution in [1.82, 2.24) is 19.9 Å². The Hall–Kier alpha value is -3.00. The number of benzene rings is 1. The predicted molar refractivity (Wildman–Crippen MR) is 114 cm³/mol. The lowest BCUT2D eigenvalue weighted by molar-refractivity contribution is 0.622. The molecule has 0 bridgehead atoms. The Morgan fingerprint density at radius 1 is 1.14 bits per heavy atom. The van der Waals surface area contributed by atoms with E-state index in [1.165, 1.54) is 28.5 Å². The second-order valence-corrected chi connectivity index (χ2v) is 8.24. The molecule has 1 saturated carbocycles. The summed E-state index contributed by atoms with van der Waals surface area (Å²) < 4.78 is 1.29. The zero-order valence-corrected chi connectivity index (χ0v) is 16.4. The minimum absolute atomic E-state index is 0.125. The molecule has 0 aliphatic heterocycles. The maximum Gasteiger partial charge on any atom is 0.227 e. The quantitative estimate of drug-likeness (QED) is 0.533. The third-order valence-corrected chi connectivity index (χ3v) is 6.31. The molecule has 7 nitrogen and oxygen atoms in total. The number of thiophene rings is 1. The van der Waals surface area contributed by atoms with Crippen LogP contribution in [0.5, 0.6) is 0 Å². The summed E-state index contributed by atoms with van der Waals surface area (Å²) in [6.07, 6.45) is 4.21. The minimum atomic E-state index is 0.125. The summed E-state index contributed by atoms with van der Waals surface area (Å²) >= 11 is 1.77. The molecule has 5 rings (SSSR count). The van der Waals surface area contributed by atoms with Crippen LogP contribution in [0.2, 0.25) is 0 Å². The number of nitrogens with two attached hydrogens (primary N) is 2. The first-order chi connectivity index (χ1) is 13.6. The van der Waals surface area contributed by atoms with Crippen molar-refractivity contribution >= 4 is 50.2 Å². The van der Waals surface area contributed by atoms with Gasteiger partial charge in [-0.3, -0.25) is 0 Å². The van der Waals surface area contributed by atoms with E-state index < -0.39 is 0 Å². The van der Waals surface area contributed by atoms with Crippen LogP contribution < -0.4 is 16.4 Å². The molecule has 1 fully saturated rings. The zero-order chi connectivity index (χ0) is 19.3. The average Bonchev–Trinajstić information content (AvgIpc) is 3.41. The number of rotatable bonds is 5. The third kappa shape index (κ3) is 2.99. The summed E-state index contributed by atoms with van der Waals surface area (Å²) in [5, 5.41) is 4.16. The molecule has 0 spiro atoms. The van der Waals surface area contributed by atoms with E-state index in [4.69, 9.17) is 16.5 Å². The molecule has 1 aliphatic rings. The minimum Gasteiger partial charge on any atom is -0.383 e. The topological polar surface area (TPSA) is 107 Å². The van der Waals surface area contributed by atoms with Crippen LogP contribution in [0.4, 0.5) is 17.7 Å². The van der Waals surface area contributed by atoms with Gasteiger partial charge < -0.3 is 16.4 Å². The van der Waals surface area contributed by atoms with Crippen molar-refractivity contribution in [3.05, 3.63) is 41.4 Å². The van der Waals surface area contributed by atoms with Crippen LogP contribution in [-0.2, 0) is 0 Å². The molecular formula is C20H21N7S. The van der Waals surface area contributed by atoms with E-state index in [0.717, 1.165) is 6.54 Å².